The van der Waals surface area contributed by atoms with E-state index in [1.54, 1.807) is 6.07 Å². The molecular weight excluding hydrogens is 352 g/mol. The van der Waals surface area contributed by atoms with Crippen molar-refractivity contribution in [3.05, 3.63) is 23.5 Å². The van der Waals surface area contributed by atoms with Gasteiger partial charge in [0.2, 0.25) is 15.9 Å². The number of nitrogens with zero attached hydrogens (tertiary/aromatic N) is 1. The van der Waals surface area contributed by atoms with Crippen molar-refractivity contribution in [2.24, 2.45) is 5.41 Å². The molecule has 24 heavy (non-hydrogen) atoms. The Morgan fingerprint density at radius 1 is 1.38 bits per heavy atom. The van der Waals surface area contributed by atoms with E-state index in [9.17, 15) is 13.2 Å². The first kappa shape index (κ1) is 15.9. The molecular formula is C15H17ClN4O3S. The van der Waals surface area contributed by atoms with E-state index in [0.29, 0.717) is 29.0 Å². The van der Waals surface area contributed by atoms with Crippen LogP contribution in [0.15, 0.2) is 23.4 Å². The van der Waals surface area contributed by atoms with Crippen LogP contribution in [0.2, 0.25) is 5.02 Å². The third-order valence-corrected chi connectivity index (χ3v) is 6.87. The number of hydrogen-bond acceptors (Lipinski definition) is 4. The molecule has 1 atom stereocenters. The summed E-state index contributed by atoms with van der Waals surface area (Å²) in [6, 6.07) is 1.28. The number of piperidine rings is 1. The highest BCUT2D eigenvalue weighted by atomic mass is 35.5. The van der Waals surface area contributed by atoms with Crippen molar-refractivity contribution in [3.63, 3.8) is 0 Å². The molecule has 3 heterocycles. The van der Waals surface area contributed by atoms with Crippen molar-refractivity contribution in [1.29, 1.82) is 0 Å². The number of amides is 1. The number of fused-ring (bicyclic) bond motifs is 1. The summed E-state index contributed by atoms with van der Waals surface area (Å²) in [6.45, 7) is 0.319. The first-order chi connectivity index (χ1) is 11.4. The highest BCUT2D eigenvalue weighted by molar-refractivity contribution is 7.89. The number of H-pyrrole nitrogens is 1. The largest absolute Gasteiger partial charge is 0.354 e. The molecule has 2 aromatic rings. The van der Waals surface area contributed by atoms with E-state index >= 15 is 0 Å². The van der Waals surface area contributed by atoms with Gasteiger partial charge in [-0.25, -0.2) is 18.1 Å². The Morgan fingerprint density at radius 3 is 2.88 bits per heavy atom. The van der Waals surface area contributed by atoms with Crippen LogP contribution >= 0.6 is 11.6 Å². The van der Waals surface area contributed by atoms with Gasteiger partial charge in [-0.05, 0) is 24.3 Å². The highest BCUT2D eigenvalue weighted by Gasteiger charge is 2.49. The first-order valence-corrected chi connectivity index (χ1v) is 9.67. The Balaban J connectivity index is 1.67. The SMILES string of the molecule is O=C1CC2(CCC2)C(NS(=O)(=O)c2c[nH]c3ncc(Cl)cc23)CN1. The van der Waals surface area contributed by atoms with E-state index in [4.69, 9.17) is 11.6 Å². The number of aromatic nitrogens is 2. The maximum atomic E-state index is 12.9. The molecule has 1 saturated carbocycles. The zero-order valence-corrected chi connectivity index (χ0v) is 14.4. The molecule has 1 unspecified atom stereocenters. The highest BCUT2D eigenvalue weighted by Crippen LogP contribution is 2.48. The normalized spacial score (nSPS) is 23.2. The van der Waals surface area contributed by atoms with Crippen molar-refractivity contribution >= 4 is 38.6 Å². The topological polar surface area (TPSA) is 104 Å². The molecule has 7 nitrogen and oxygen atoms in total. The second-order valence-electron chi connectivity index (χ2n) is 6.57. The second kappa shape index (κ2) is 5.44. The predicted molar refractivity (Wildman–Crippen MR) is 89.1 cm³/mol. The summed E-state index contributed by atoms with van der Waals surface area (Å²) >= 11 is 5.94. The summed E-state index contributed by atoms with van der Waals surface area (Å²) in [5, 5.41) is 3.59. The van der Waals surface area contributed by atoms with Crippen LogP contribution in [0.5, 0.6) is 0 Å². The Bertz CT molecular complexity index is 920. The fourth-order valence-corrected chi connectivity index (χ4v) is 5.34. The molecule has 1 aliphatic heterocycles. The molecule has 1 amide bonds. The van der Waals surface area contributed by atoms with Crippen LogP contribution in [-0.2, 0) is 14.8 Å². The van der Waals surface area contributed by atoms with Crippen LogP contribution < -0.4 is 10.0 Å². The van der Waals surface area contributed by atoms with Gasteiger partial charge in [-0.15, -0.1) is 0 Å². The maximum Gasteiger partial charge on any atom is 0.243 e. The van der Waals surface area contributed by atoms with Gasteiger partial charge >= 0.3 is 0 Å². The van der Waals surface area contributed by atoms with Crippen LogP contribution in [0, 0.1) is 5.41 Å². The summed E-state index contributed by atoms with van der Waals surface area (Å²) in [4.78, 5) is 18.8. The molecule has 1 aliphatic carbocycles. The van der Waals surface area contributed by atoms with Gasteiger partial charge in [0.05, 0.1) is 5.02 Å². The average Bonchev–Trinajstić information content (AvgIpc) is 2.91. The van der Waals surface area contributed by atoms with Crippen molar-refractivity contribution in [1.82, 2.24) is 20.0 Å². The van der Waals surface area contributed by atoms with Crippen LogP contribution in [0.1, 0.15) is 25.7 Å². The third kappa shape index (κ3) is 2.49. The molecule has 0 aromatic carbocycles. The van der Waals surface area contributed by atoms with Crippen LogP contribution in [0.3, 0.4) is 0 Å². The summed E-state index contributed by atoms with van der Waals surface area (Å²) < 4.78 is 28.6. The van der Waals surface area contributed by atoms with Gasteiger partial charge in [-0.1, -0.05) is 18.0 Å². The molecule has 2 fully saturated rings. The lowest BCUT2D eigenvalue weighted by atomic mass is 9.61. The summed E-state index contributed by atoms with van der Waals surface area (Å²) in [6.07, 6.45) is 6.03. The maximum absolute atomic E-state index is 12.9. The smallest absolute Gasteiger partial charge is 0.243 e. The minimum Gasteiger partial charge on any atom is -0.354 e. The lowest BCUT2D eigenvalue weighted by Crippen LogP contribution is -2.61. The number of halogens is 1. The molecule has 3 N–H and O–H groups in total. The number of nitrogens with one attached hydrogen (secondary N) is 3. The molecule has 9 heteroatoms. The minimum atomic E-state index is -3.76. The second-order valence-corrected chi connectivity index (χ2v) is 8.69. The predicted octanol–water partition coefficient (Wildman–Crippen LogP) is 1.55. The molecule has 1 spiro atoms. The van der Waals surface area contributed by atoms with Gasteiger partial charge in [-0.2, -0.15) is 0 Å². The van der Waals surface area contributed by atoms with Gasteiger partial charge in [0.1, 0.15) is 10.5 Å². The van der Waals surface area contributed by atoms with E-state index in [-0.39, 0.29) is 22.3 Å². The van der Waals surface area contributed by atoms with Crippen LogP contribution in [-0.4, -0.2) is 36.9 Å². The third-order valence-electron chi connectivity index (χ3n) is 5.15. The molecule has 0 bridgehead atoms. The van der Waals surface area contributed by atoms with Gasteiger partial charge in [0, 0.05) is 36.8 Å². The minimum absolute atomic E-state index is 0.00627. The molecule has 4 rings (SSSR count). The number of rotatable bonds is 3. The van der Waals surface area contributed by atoms with Gasteiger partial charge < -0.3 is 10.3 Å². The van der Waals surface area contributed by atoms with E-state index in [0.717, 1.165) is 19.3 Å². The van der Waals surface area contributed by atoms with E-state index in [2.05, 4.69) is 20.0 Å². The Labute approximate surface area is 144 Å². The zero-order valence-electron chi connectivity index (χ0n) is 12.8. The number of sulfonamides is 1. The standard InChI is InChI=1S/C15H17ClN4O3S/c16-9-4-10-11(7-19-14(10)18-6-9)24(22,23)20-12-8-17-13(21)5-15(12)2-1-3-15/h4,6-7,12,20H,1-3,5,8H2,(H,17,21)(H,18,19). The Hall–Kier alpha value is -1.64. The summed E-state index contributed by atoms with van der Waals surface area (Å²) in [7, 11) is -3.76. The Kier molecular flexibility index (Phi) is 3.59. The number of aromatic amines is 1. The molecule has 1 saturated heterocycles. The number of carbonyl (C=O) groups excluding carboxylic acids is 1. The average molecular weight is 369 g/mol. The lowest BCUT2D eigenvalue weighted by Gasteiger charge is -2.50. The first-order valence-electron chi connectivity index (χ1n) is 7.81. The van der Waals surface area contributed by atoms with Crippen LogP contribution in [0.4, 0.5) is 0 Å². The number of hydrogen-bond donors (Lipinski definition) is 3. The van der Waals surface area contributed by atoms with Crippen molar-refractivity contribution in [2.45, 2.75) is 36.6 Å². The summed E-state index contributed by atoms with van der Waals surface area (Å²) in [5.74, 6) is -0.00627. The molecule has 128 valence electrons. The molecule has 2 aromatic heterocycles. The number of pyridine rings is 1. The monoisotopic (exact) mass is 368 g/mol. The van der Waals surface area contributed by atoms with Gasteiger partial charge in [0.25, 0.3) is 0 Å². The quantitative estimate of drug-likeness (QED) is 0.764. The Morgan fingerprint density at radius 2 is 2.17 bits per heavy atom. The zero-order chi connectivity index (χ0) is 16.9. The fourth-order valence-electron chi connectivity index (χ4n) is 3.69. The lowest BCUT2D eigenvalue weighted by molar-refractivity contribution is -0.129. The van der Waals surface area contributed by atoms with Crippen molar-refractivity contribution in [2.75, 3.05) is 6.54 Å². The van der Waals surface area contributed by atoms with E-state index in [1.807, 2.05) is 0 Å². The molecule has 2 aliphatic rings. The number of carbonyl (C=O) groups is 1. The van der Waals surface area contributed by atoms with Gasteiger partial charge in [-0.3, -0.25) is 4.79 Å². The van der Waals surface area contributed by atoms with Crippen LogP contribution in [0.25, 0.3) is 11.0 Å². The summed E-state index contributed by atoms with van der Waals surface area (Å²) in [5.41, 5.74) is 0.215. The van der Waals surface area contributed by atoms with Crippen molar-refractivity contribution < 1.29 is 13.2 Å². The van der Waals surface area contributed by atoms with E-state index < -0.39 is 10.0 Å². The van der Waals surface area contributed by atoms with Crippen molar-refractivity contribution in [3.8, 4) is 0 Å². The fraction of sp³-hybridized carbons (Fsp3) is 0.467. The molecule has 0 radical (unpaired) electrons. The van der Waals surface area contributed by atoms with Gasteiger partial charge in [0.15, 0.2) is 0 Å². The van der Waals surface area contributed by atoms with E-state index in [1.165, 1.54) is 12.4 Å².